The molecule has 0 aromatic heterocycles. The van der Waals surface area contributed by atoms with E-state index >= 15 is 0 Å². The van der Waals surface area contributed by atoms with Gasteiger partial charge >= 0.3 is 0 Å². The van der Waals surface area contributed by atoms with E-state index in [-0.39, 0.29) is 17.7 Å². The third kappa shape index (κ3) is 4.87. The molecule has 26 heavy (non-hydrogen) atoms. The van der Waals surface area contributed by atoms with Crippen LogP contribution in [0, 0.1) is 24.7 Å². The van der Waals surface area contributed by atoms with Gasteiger partial charge in [-0.15, -0.1) is 0 Å². The molecular weight excluding hydrogens is 324 g/mol. The molecule has 2 fully saturated rings. The van der Waals surface area contributed by atoms with E-state index in [4.69, 9.17) is 0 Å². The molecule has 0 spiro atoms. The summed E-state index contributed by atoms with van der Waals surface area (Å²) in [5, 5.41) is 3.07. The molecule has 1 saturated carbocycles. The number of hydrogen-bond acceptors (Lipinski definition) is 2. The van der Waals surface area contributed by atoms with E-state index in [9.17, 15) is 9.59 Å². The van der Waals surface area contributed by atoms with Crippen LogP contribution >= 0.6 is 0 Å². The lowest BCUT2D eigenvalue weighted by molar-refractivity contribution is -0.140. The first kappa shape index (κ1) is 18.9. The third-order valence-electron chi connectivity index (χ3n) is 6.00. The Hall–Kier alpha value is -1.84. The van der Waals surface area contributed by atoms with E-state index in [0.717, 1.165) is 50.8 Å². The summed E-state index contributed by atoms with van der Waals surface area (Å²) in [6.07, 6.45) is 5.74. The number of nitrogens with zero attached hydrogens (tertiary/aromatic N) is 1. The highest BCUT2D eigenvalue weighted by Gasteiger charge is 2.33. The van der Waals surface area contributed by atoms with Crippen molar-refractivity contribution >= 4 is 11.8 Å². The van der Waals surface area contributed by atoms with Gasteiger partial charge in [0, 0.05) is 31.5 Å². The van der Waals surface area contributed by atoms with Gasteiger partial charge < -0.3 is 10.2 Å². The van der Waals surface area contributed by atoms with Crippen LogP contribution in [0.1, 0.15) is 56.6 Å². The van der Waals surface area contributed by atoms with Crippen molar-refractivity contribution in [1.29, 1.82) is 0 Å². The maximum atomic E-state index is 12.7. The van der Waals surface area contributed by atoms with E-state index in [2.05, 4.69) is 48.3 Å². The van der Waals surface area contributed by atoms with Crippen LogP contribution in [0.15, 0.2) is 24.3 Å². The minimum absolute atomic E-state index is 0.0600. The topological polar surface area (TPSA) is 49.4 Å². The minimum atomic E-state index is 0.0600. The Kier molecular flexibility index (Phi) is 6.33. The molecule has 2 aliphatic rings. The molecule has 1 unspecified atom stereocenters. The van der Waals surface area contributed by atoms with Crippen LogP contribution in [-0.2, 0) is 16.1 Å². The summed E-state index contributed by atoms with van der Waals surface area (Å²) >= 11 is 0. The van der Waals surface area contributed by atoms with E-state index < -0.39 is 0 Å². The normalized spacial score (nSPS) is 26.4. The van der Waals surface area contributed by atoms with E-state index in [0.29, 0.717) is 18.4 Å². The van der Waals surface area contributed by atoms with Crippen LogP contribution in [0.3, 0.4) is 0 Å². The van der Waals surface area contributed by atoms with Crippen molar-refractivity contribution in [2.45, 2.75) is 58.9 Å². The molecule has 2 amide bonds. The molecule has 1 heterocycles. The smallest absolute Gasteiger partial charge is 0.225 e. The van der Waals surface area contributed by atoms with Crippen molar-refractivity contribution in [3.63, 3.8) is 0 Å². The van der Waals surface area contributed by atoms with E-state index in [1.807, 2.05) is 0 Å². The zero-order valence-corrected chi connectivity index (χ0v) is 16.2. The largest absolute Gasteiger partial charge is 0.352 e. The fraction of sp³-hybridized carbons (Fsp3) is 0.636. The van der Waals surface area contributed by atoms with Gasteiger partial charge in [-0.25, -0.2) is 0 Å². The molecule has 1 saturated heterocycles. The van der Waals surface area contributed by atoms with Crippen LogP contribution in [0.5, 0.6) is 0 Å². The van der Waals surface area contributed by atoms with Crippen molar-refractivity contribution in [3.8, 4) is 0 Å². The molecule has 4 nitrogen and oxygen atoms in total. The Morgan fingerprint density at radius 3 is 2.35 bits per heavy atom. The number of benzene rings is 1. The fourth-order valence-corrected chi connectivity index (χ4v) is 4.29. The number of aryl methyl sites for hydroxylation is 1. The lowest BCUT2D eigenvalue weighted by Crippen LogP contribution is -2.44. The number of carbonyl (C=O) groups excluding carboxylic acids is 2. The molecule has 4 heteroatoms. The Bertz CT molecular complexity index is 618. The van der Waals surface area contributed by atoms with Gasteiger partial charge in [-0.1, -0.05) is 36.8 Å². The molecule has 1 aromatic rings. The first-order valence-corrected chi connectivity index (χ1v) is 10.1. The predicted octanol–water partition coefficient (Wildman–Crippen LogP) is 3.68. The second-order valence-electron chi connectivity index (χ2n) is 8.28. The lowest BCUT2D eigenvalue weighted by Gasteiger charge is -2.35. The maximum Gasteiger partial charge on any atom is 0.225 e. The van der Waals surface area contributed by atoms with E-state index in [1.165, 1.54) is 12.0 Å². The molecule has 1 N–H and O–H groups in total. The summed E-state index contributed by atoms with van der Waals surface area (Å²) in [6, 6.07) is 8.26. The van der Waals surface area contributed by atoms with Gasteiger partial charge in [-0.2, -0.15) is 0 Å². The molecule has 1 atom stereocenters. The number of likely N-dealkylation sites (tertiary alicyclic amines) is 1. The molecular formula is C22H32N2O2. The maximum absolute atomic E-state index is 12.7. The Morgan fingerprint density at radius 2 is 1.69 bits per heavy atom. The van der Waals surface area contributed by atoms with Crippen LogP contribution in [0.25, 0.3) is 0 Å². The minimum Gasteiger partial charge on any atom is -0.352 e. The summed E-state index contributed by atoms with van der Waals surface area (Å²) in [7, 11) is 0. The Balaban J connectivity index is 1.43. The third-order valence-corrected chi connectivity index (χ3v) is 6.00. The highest BCUT2D eigenvalue weighted by molar-refractivity contribution is 5.81. The zero-order valence-electron chi connectivity index (χ0n) is 16.2. The first-order valence-electron chi connectivity index (χ1n) is 10.1. The summed E-state index contributed by atoms with van der Waals surface area (Å²) < 4.78 is 0. The van der Waals surface area contributed by atoms with E-state index in [1.54, 1.807) is 0 Å². The number of carbonyl (C=O) groups is 2. The highest BCUT2D eigenvalue weighted by atomic mass is 16.2. The van der Waals surface area contributed by atoms with Crippen molar-refractivity contribution < 1.29 is 9.59 Å². The predicted molar refractivity (Wildman–Crippen MR) is 103 cm³/mol. The van der Waals surface area contributed by atoms with Gasteiger partial charge in [0.1, 0.15) is 0 Å². The zero-order chi connectivity index (χ0) is 18.5. The average molecular weight is 357 g/mol. The van der Waals surface area contributed by atoms with Gasteiger partial charge in [0.05, 0.1) is 0 Å². The second kappa shape index (κ2) is 8.70. The fourth-order valence-electron chi connectivity index (χ4n) is 4.29. The number of nitrogens with one attached hydrogen (secondary N) is 1. The first-order chi connectivity index (χ1) is 12.5. The molecule has 142 valence electrons. The number of piperidine rings is 1. The summed E-state index contributed by atoms with van der Waals surface area (Å²) in [6.45, 7) is 6.71. The summed E-state index contributed by atoms with van der Waals surface area (Å²) in [5.41, 5.74) is 2.36. The molecule has 1 aliphatic carbocycles. The van der Waals surface area contributed by atoms with Gasteiger partial charge in [0.2, 0.25) is 11.8 Å². The monoisotopic (exact) mass is 356 g/mol. The van der Waals surface area contributed by atoms with Gasteiger partial charge in [-0.3, -0.25) is 9.59 Å². The highest BCUT2D eigenvalue weighted by Crippen LogP contribution is 2.31. The van der Waals surface area contributed by atoms with Crippen LogP contribution < -0.4 is 5.32 Å². The van der Waals surface area contributed by atoms with Gasteiger partial charge in [-0.05, 0) is 56.9 Å². The molecule has 3 rings (SSSR count). The molecule has 1 aromatic carbocycles. The lowest BCUT2D eigenvalue weighted by atomic mass is 9.80. The molecule has 1 aliphatic heterocycles. The number of hydrogen-bond donors (Lipinski definition) is 1. The second-order valence-corrected chi connectivity index (χ2v) is 8.28. The summed E-state index contributed by atoms with van der Waals surface area (Å²) in [4.78, 5) is 27.3. The van der Waals surface area contributed by atoms with Crippen LogP contribution in [0.2, 0.25) is 0 Å². The standard InChI is InChI=1S/C22H32N2O2/c1-16-5-7-18(8-6-16)14-23-21(25)19-9-11-20(12-10-19)22(26)24-13-3-4-17(2)15-24/h5-8,17,19-20H,3-4,9-15H2,1-2H3,(H,23,25). The van der Waals surface area contributed by atoms with Crippen LogP contribution in [-0.4, -0.2) is 29.8 Å². The summed E-state index contributed by atoms with van der Waals surface area (Å²) in [5.74, 6) is 1.28. The van der Waals surface area contributed by atoms with Crippen molar-refractivity contribution in [1.82, 2.24) is 10.2 Å². The van der Waals surface area contributed by atoms with Gasteiger partial charge in [0.25, 0.3) is 0 Å². The number of rotatable bonds is 4. The molecule has 0 bridgehead atoms. The molecule has 0 radical (unpaired) electrons. The number of amides is 2. The Labute approximate surface area is 157 Å². The SMILES string of the molecule is Cc1ccc(CNC(=O)C2CCC(C(=O)N3CCCC(C)C3)CC2)cc1. The Morgan fingerprint density at radius 1 is 1.04 bits per heavy atom. The van der Waals surface area contributed by atoms with Gasteiger partial charge in [0.15, 0.2) is 0 Å². The average Bonchev–Trinajstić information content (AvgIpc) is 2.67. The van der Waals surface area contributed by atoms with Crippen molar-refractivity contribution in [2.75, 3.05) is 13.1 Å². The van der Waals surface area contributed by atoms with Crippen molar-refractivity contribution in [3.05, 3.63) is 35.4 Å². The quantitative estimate of drug-likeness (QED) is 0.895. The van der Waals surface area contributed by atoms with Crippen LogP contribution in [0.4, 0.5) is 0 Å². The van der Waals surface area contributed by atoms with Crippen molar-refractivity contribution in [2.24, 2.45) is 17.8 Å².